The first-order chi connectivity index (χ1) is 11.5. The zero-order valence-corrected chi connectivity index (χ0v) is 13.9. The van der Waals surface area contributed by atoms with Gasteiger partial charge < -0.3 is 20.7 Å². The van der Waals surface area contributed by atoms with Crippen LogP contribution in [-0.4, -0.2) is 47.2 Å². The molecular weight excluding hydrogens is 312 g/mol. The lowest BCUT2D eigenvalue weighted by atomic mass is 10.0. The van der Waals surface area contributed by atoms with Crippen molar-refractivity contribution in [1.82, 2.24) is 9.97 Å². The molecule has 2 aliphatic rings. The Hall–Kier alpha value is -2.16. The minimum atomic E-state index is -0.492. The maximum Gasteiger partial charge on any atom is 0.353 e. The lowest BCUT2D eigenvalue weighted by Crippen LogP contribution is -2.35. The molecule has 0 amide bonds. The number of anilines is 3. The van der Waals surface area contributed by atoms with Crippen LogP contribution in [0.3, 0.4) is 0 Å². The molecular formula is C15H24N6O3. The van der Waals surface area contributed by atoms with Crippen molar-refractivity contribution in [2.24, 2.45) is 5.92 Å². The van der Waals surface area contributed by atoms with E-state index in [9.17, 15) is 10.1 Å². The molecule has 2 fully saturated rings. The van der Waals surface area contributed by atoms with Gasteiger partial charge in [-0.3, -0.25) is 10.1 Å². The fourth-order valence-electron chi connectivity index (χ4n) is 3.33. The number of nitro groups is 1. The standard InChI is InChI=1S/C15H24N6O3/c1-10-4-2-6-20(9-10)14-12(21(22)23)13(16)18-15(19-14)17-8-11-5-3-7-24-11/h10-11H,2-9H2,1H3,(H3,16,17,18,19)/t10-,11-/m1/s1. The highest BCUT2D eigenvalue weighted by atomic mass is 16.6. The monoisotopic (exact) mass is 336 g/mol. The summed E-state index contributed by atoms with van der Waals surface area (Å²) in [7, 11) is 0. The van der Waals surface area contributed by atoms with Gasteiger partial charge in [0.15, 0.2) is 0 Å². The van der Waals surface area contributed by atoms with E-state index >= 15 is 0 Å². The lowest BCUT2D eigenvalue weighted by molar-refractivity contribution is -0.383. The molecule has 2 saturated heterocycles. The van der Waals surface area contributed by atoms with Crippen LogP contribution in [-0.2, 0) is 4.74 Å². The minimum Gasteiger partial charge on any atom is -0.378 e. The molecule has 1 aromatic heterocycles. The number of nitrogens with zero attached hydrogens (tertiary/aromatic N) is 4. The number of piperidine rings is 1. The zero-order chi connectivity index (χ0) is 17.1. The van der Waals surface area contributed by atoms with Gasteiger partial charge in [-0.1, -0.05) is 6.92 Å². The fourth-order valence-corrected chi connectivity index (χ4v) is 3.33. The van der Waals surface area contributed by atoms with E-state index in [4.69, 9.17) is 10.5 Å². The maximum absolute atomic E-state index is 11.4. The second-order valence-electron chi connectivity index (χ2n) is 6.57. The Bertz CT molecular complexity index is 605. The van der Waals surface area contributed by atoms with Crippen LogP contribution in [0, 0.1) is 16.0 Å². The Morgan fingerprint density at radius 2 is 2.25 bits per heavy atom. The molecule has 3 N–H and O–H groups in total. The lowest BCUT2D eigenvalue weighted by Gasteiger charge is -2.31. The predicted octanol–water partition coefficient (Wildman–Crippen LogP) is 1.79. The topological polar surface area (TPSA) is 119 Å². The molecule has 2 atom stereocenters. The molecule has 2 aliphatic heterocycles. The normalized spacial score (nSPS) is 24.1. The van der Waals surface area contributed by atoms with Gasteiger partial charge >= 0.3 is 5.69 Å². The van der Waals surface area contributed by atoms with Gasteiger partial charge in [0.25, 0.3) is 0 Å². The van der Waals surface area contributed by atoms with Crippen molar-refractivity contribution in [1.29, 1.82) is 0 Å². The summed E-state index contributed by atoms with van der Waals surface area (Å²) in [5, 5.41) is 14.5. The van der Waals surface area contributed by atoms with Crippen molar-refractivity contribution in [2.75, 3.05) is 42.2 Å². The molecule has 0 spiro atoms. The summed E-state index contributed by atoms with van der Waals surface area (Å²) in [5.74, 6) is 1.01. The Kier molecular flexibility index (Phi) is 4.98. The van der Waals surface area contributed by atoms with Crippen molar-refractivity contribution < 1.29 is 9.66 Å². The number of rotatable bonds is 5. The molecule has 3 rings (SSSR count). The van der Waals surface area contributed by atoms with Crippen molar-refractivity contribution >= 4 is 23.3 Å². The molecule has 9 nitrogen and oxygen atoms in total. The average molecular weight is 336 g/mol. The van der Waals surface area contributed by atoms with Crippen molar-refractivity contribution in [3.63, 3.8) is 0 Å². The molecule has 0 aliphatic carbocycles. The first-order valence-corrected chi connectivity index (χ1v) is 8.47. The second kappa shape index (κ2) is 7.16. The van der Waals surface area contributed by atoms with Crippen LogP contribution in [0.1, 0.15) is 32.6 Å². The quantitative estimate of drug-likeness (QED) is 0.617. The smallest absolute Gasteiger partial charge is 0.353 e. The highest BCUT2D eigenvalue weighted by molar-refractivity contribution is 5.71. The Morgan fingerprint density at radius 3 is 2.92 bits per heavy atom. The van der Waals surface area contributed by atoms with Gasteiger partial charge in [0.05, 0.1) is 11.0 Å². The third-order valence-electron chi connectivity index (χ3n) is 4.54. The molecule has 0 radical (unpaired) electrons. The van der Waals surface area contributed by atoms with Gasteiger partial charge in [-0.2, -0.15) is 9.97 Å². The highest BCUT2D eigenvalue weighted by Gasteiger charge is 2.30. The Morgan fingerprint density at radius 1 is 1.42 bits per heavy atom. The van der Waals surface area contributed by atoms with E-state index in [1.807, 2.05) is 4.90 Å². The van der Waals surface area contributed by atoms with Crippen LogP contribution >= 0.6 is 0 Å². The molecule has 0 bridgehead atoms. The van der Waals surface area contributed by atoms with E-state index in [1.54, 1.807) is 0 Å². The van der Waals surface area contributed by atoms with Gasteiger partial charge in [-0.25, -0.2) is 0 Å². The summed E-state index contributed by atoms with van der Waals surface area (Å²) in [6, 6.07) is 0. The first-order valence-electron chi connectivity index (χ1n) is 8.47. The summed E-state index contributed by atoms with van der Waals surface area (Å²) in [6.45, 7) is 4.97. The van der Waals surface area contributed by atoms with E-state index in [-0.39, 0.29) is 17.6 Å². The van der Waals surface area contributed by atoms with Crippen LogP contribution in [0.5, 0.6) is 0 Å². The summed E-state index contributed by atoms with van der Waals surface area (Å²) >= 11 is 0. The second-order valence-corrected chi connectivity index (χ2v) is 6.57. The highest BCUT2D eigenvalue weighted by Crippen LogP contribution is 2.34. The van der Waals surface area contributed by atoms with Crippen molar-refractivity contribution in [3.8, 4) is 0 Å². The van der Waals surface area contributed by atoms with Crippen LogP contribution < -0.4 is 16.0 Å². The number of hydrogen-bond acceptors (Lipinski definition) is 8. The van der Waals surface area contributed by atoms with Gasteiger partial charge in [0.2, 0.25) is 17.6 Å². The summed E-state index contributed by atoms with van der Waals surface area (Å²) in [4.78, 5) is 21.3. The maximum atomic E-state index is 11.4. The number of nitrogens with one attached hydrogen (secondary N) is 1. The molecule has 0 aromatic carbocycles. The molecule has 24 heavy (non-hydrogen) atoms. The minimum absolute atomic E-state index is 0.0990. The first kappa shape index (κ1) is 16.7. The Balaban J connectivity index is 1.84. The molecule has 9 heteroatoms. The SMILES string of the molecule is C[C@@H]1CCCN(c2nc(NC[C@H]3CCCO3)nc(N)c2[N+](=O)[O-])C1. The van der Waals surface area contributed by atoms with Gasteiger partial charge in [-0.15, -0.1) is 0 Å². The molecule has 132 valence electrons. The van der Waals surface area contributed by atoms with E-state index in [0.717, 1.165) is 45.4 Å². The van der Waals surface area contributed by atoms with E-state index in [2.05, 4.69) is 22.2 Å². The zero-order valence-electron chi connectivity index (χ0n) is 13.9. The summed E-state index contributed by atoms with van der Waals surface area (Å²) in [6.07, 6.45) is 4.28. The van der Waals surface area contributed by atoms with Crippen molar-refractivity contribution in [2.45, 2.75) is 38.7 Å². The molecule has 0 unspecified atom stereocenters. The Labute approximate surface area is 140 Å². The molecule has 0 saturated carbocycles. The summed E-state index contributed by atoms with van der Waals surface area (Å²) in [5.41, 5.74) is 5.66. The number of nitrogens with two attached hydrogens (primary N) is 1. The number of hydrogen-bond donors (Lipinski definition) is 2. The molecule has 3 heterocycles. The van der Waals surface area contributed by atoms with E-state index in [0.29, 0.717) is 24.2 Å². The average Bonchev–Trinajstić information content (AvgIpc) is 3.05. The van der Waals surface area contributed by atoms with Crippen LogP contribution in [0.2, 0.25) is 0 Å². The summed E-state index contributed by atoms with van der Waals surface area (Å²) < 4.78 is 5.56. The van der Waals surface area contributed by atoms with Crippen LogP contribution in [0.25, 0.3) is 0 Å². The van der Waals surface area contributed by atoms with Crippen molar-refractivity contribution in [3.05, 3.63) is 10.1 Å². The van der Waals surface area contributed by atoms with Crippen LogP contribution in [0.15, 0.2) is 0 Å². The third kappa shape index (κ3) is 3.66. The van der Waals surface area contributed by atoms with Crippen LogP contribution in [0.4, 0.5) is 23.3 Å². The largest absolute Gasteiger partial charge is 0.378 e. The van der Waals surface area contributed by atoms with Gasteiger partial charge in [-0.05, 0) is 31.6 Å². The third-order valence-corrected chi connectivity index (χ3v) is 4.54. The molecule has 1 aromatic rings. The number of ether oxygens (including phenoxy) is 1. The van der Waals surface area contributed by atoms with Gasteiger partial charge in [0.1, 0.15) is 0 Å². The van der Waals surface area contributed by atoms with E-state index in [1.165, 1.54) is 0 Å². The fraction of sp³-hybridized carbons (Fsp3) is 0.733. The number of aromatic nitrogens is 2. The predicted molar refractivity (Wildman–Crippen MR) is 91.2 cm³/mol. The number of nitrogen functional groups attached to an aromatic ring is 1. The van der Waals surface area contributed by atoms with E-state index < -0.39 is 4.92 Å². The van der Waals surface area contributed by atoms with Gasteiger partial charge in [0, 0.05) is 26.2 Å².